The van der Waals surface area contributed by atoms with Crippen molar-refractivity contribution in [3.8, 4) is 5.75 Å². The Morgan fingerprint density at radius 2 is 2.00 bits per heavy atom. The lowest BCUT2D eigenvalue weighted by Gasteiger charge is -2.09. The number of pyridine rings is 1. The van der Waals surface area contributed by atoms with Crippen LogP contribution in [-0.2, 0) is 6.54 Å². The number of anilines is 1. The summed E-state index contributed by atoms with van der Waals surface area (Å²) in [7, 11) is 0. The summed E-state index contributed by atoms with van der Waals surface area (Å²) in [4.78, 5) is 11.7. The Morgan fingerprint density at radius 1 is 1.32 bits per heavy atom. The van der Waals surface area contributed by atoms with Crippen LogP contribution in [0.15, 0.2) is 45.8 Å². The van der Waals surface area contributed by atoms with Gasteiger partial charge in [-0.2, -0.15) is 0 Å². The second-order valence-corrected chi connectivity index (χ2v) is 5.11. The Hall–Kier alpha value is -1.75. The van der Waals surface area contributed by atoms with E-state index in [0.29, 0.717) is 18.8 Å². The van der Waals surface area contributed by atoms with Gasteiger partial charge >= 0.3 is 0 Å². The first-order valence-electron chi connectivity index (χ1n) is 5.91. The van der Waals surface area contributed by atoms with E-state index in [9.17, 15) is 4.79 Å². The molecule has 0 aliphatic heterocycles. The third-order valence-corrected chi connectivity index (χ3v) is 3.58. The Balaban J connectivity index is 1.98. The molecule has 0 fully saturated rings. The first-order valence-corrected chi connectivity index (χ1v) is 6.70. The molecule has 0 unspecified atom stereocenters. The second kappa shape index (κ2) is 5.93. The second-order valence-electron chi connectivity index (χ2n) is 4.25. The van der Waals surface area contributed by atoms with Crippen molar-refractivity contribution in [2.24, 2.45) is 0 Å². The molecule has 0 atom stereocenters. The van der Waals surface area contributed by atoms with Gasteiger partial charge in [-0.25, -0.2) is 0 Å². The van der Waals surface area contributed by atoms with E-state index in [2.05, 4.69) is 15.9 Å². The molecule has 0 saturated carbocycles. The van der Waals surface area contributed by atoms with Gasteiger partial charge in [-0.3, -0.25) is 4.79 Å². The Kier molecular flexibility index (Phi) is 4.27. The van der Waals surface area contributed by atoms with Crippen LogP contribution in [-0.4, -0.2) is 11.2 Å². The van der Waals surface area contributed by atoms with Gasteiger partial charge < -0.3 is 15.0 Å². The molecule has 0 aliphatic rings. The average Bonchev–Trinajstić information content (AvgIpc) is 2.38. The van der Waals surface area contributed by atoms with Crippen molar-refractivity contribution in [3.05, 3.63) is 56.9 Å². The predicted molar refractivity (Wildman–Crippen MR) is 79.5 cm³/mol. The SMILES string of the molecule is Cc1cc(=O)n(CCOc2ccc(N)cc2)cc1Br. The summed E-state index contributed by atoms with van der Waals surface area (Å²) >= 11 is 3.41. The number of benzene rings is 1. The average molecular weight is 323 g/mol. The van der Waals surface area contributed by atoms with Gasteiger partial charge in [0.2, 0.25) is 0 Å². The third kappa shape index (κ3) is 3.61. The minimum Gasteiger partial charge on any atom is -0.492 e. The molecule has 2 aromatic rings. The Labute approximate surface area is 119 Å². The summed E-state index contributed by atoms with van der Waals surface area (Å²) in [5.41, 5.74) is 7.20. The van der Waals surface area contributed by atoms with Gasteiger partial charge in [0.15, 0.2) is 0 Å². The van der Waals surface area contributed by atoms with Crippen molar-refractivity contribution in [2.75, 3.05) is 12.3 Å². The highest BCUT2D eigenvalue weighted by atomic mass is 79.9. The Bertz CT molecular complexity index is 620. The topological polar surface area (TPSA) is 57.2 Å². The number of aryl methyl sites for hydroxylation is 1. The van der Waals surface area contributed by atoms with Crippen LogP contribution in [0.5, 0.6) is 5.75 Å². The van der Waals surface area contributed by atoms with E-state index in [1.165, 1.54) is 0 Å². The van der Waals surface area contributed by atoms with Gasteiger partial charge in [0, 0.05) is 22.4 Å². The van der Waals surface area contributed by atoms with E-state index in [1.807, 2.05) is 19.1 Å². The molecule has 0 spiro atoms. The summed E-state index contributed by atoms with van der Waals surface area (Å²) in [5, 5.41) is 0. The molecule has 1 aromatic carbocycles. The summed E-state index contributed by atoms with van der Waals surface area (Å²) in [6, 6.07) is 8.79. The van der Waals surface area contributed by atoms with Crippen LogP contribution >= 0.6 is 15.9 Å². The van der Waals surface area contributed by atoms with Crippen molar-refractivity contribution in [2.45, 2.75) is 13.5 Å². The highest BCUT2D eigenvalue weighted by Gasteiger charge is 2.01. The molecule has 2 N–H and O–H groups in total. The van der Waals surface area contributed by atoms with Gasteiger partial charge in [-0.05, 0) is 52.7 Å². The molecule has 5 heteroatoms. The van der Waals surface area contributed by atoms with Crippen molar-refractivity contribution in [1.82, 2.24) is 4.57 Å². The monoisotopic (exact) mass is 322 g/mol. The number of nitrogens with zero attached hydrogens (tertiary/aromatic N) is 1. The van der Waals surface area contributed by atoms with E-state index >= 15 is 0 Å². The van der Waals surface area contributed by atoms with Crippen molar-refractivity contribution < 1.29 is 4.74 Å². The third-order valence-electron chi connectivity index (χ3n) is 2.75. The largest absolute Gasteiger partial charge is 0.492 e. The Morgan fingerprint density at radius 3 is 2.68 bits per heavy atom. The fourth-order valence-electron chi connectivity index (χ4n) is 1.64. The van der Waals surface area contributed by atoms with Crippen molar-refractivity contribution >= 4 is 21.6 Å². The molecule has 0 radical (unpaired) electrons. The molecular formula is C14H15BrN2O2. The smallest absolute Gasteiger partial charge is 0.250 e. The van der Waals surface area contributed by atoms with Crippen LogP contribution in [0.4, 0.5) is 5.69 Å². The van der Waals surface area contributed by atoms with Crippen molar-refractivity contribution in [3.63, 3.8) is 0 Å². The van der Waals surface area contributed by atoms with Crippen LogP contribution in [0.3, 0.4) is 0 Å². The molecule has 1 aromatic heterocycles. The number of halogens is 1. The maximum absolute atomic E-state index is 11.7. The van der Waals surface area contributed by atoms with E-state index in [0.717, 1.165) is 15.8 Å². The fourth-order valence-corrected chi connectivity index (χ4v) is 2.00. The number of ether oxygens (including phenoxy) is 1. The molecule has 100 valence electrons. The predicted octanol–water partition coefficient (Wildman–Crippen LogP) is 2.58. The molecular weight excluding hydrogens is 308 g/mol. The molecule has 0 saturated heterocycles. The maximum atomic E-state index is 11.7. The first kappa shape index (κ1) is 13.7. The zero-order valence-electron chi connectivity index (χ0n) is 10.6. The molecule has 0 bridgehead atoms. The summed E-state index contributed by atoms with van der Waals surface area (Å²) in [5.74, 6) is 0.744. The molecule has 2 rings (SSSR count). The van der Waals surface area contributed by atoms with Crippen LogP contribution in [0, 0.1) is 6.92 Å². The molecule has 1 heterocycles. The molecule has 0 amide bonds. The normalized spacial score (nSPS) is 10.4. The molecule has 19 heavy (non-hydrogen) atoms. The van der Waals surface area contributed by atoms with E-state index < -0.39 is 0 Å². The quantitative estimate of drug-likeness (QED) is 0.880. The lowest BCUT2D eigenvalue weighted by atomic mass is 10.3. The van der Waals surface area contributed by atoms with Crippen molar-refractivity contribution in [1.29, 1.82) is 0 Å². The maximum Gasteiger partial charge on any atom is 0.250 e. The van der Waals surface area contributed by atoms with E-state index in [-0.39, 0.29) is 5.56 Å². The van der Waals surface area contributed by atoms with Crippen LogP contribution in [0.25, 0.3) is 0 Å². The summed E-state index contributed by atoms with van der Waals surface area (Å²) in [6.45, 7) is 2.82. The summed E-state index contributed by atoms with van der Waals surface area (Å²) in [6.07, 6.45) is 1.78. The highest BCUT2D eigenvalue weighted by Crippen LogP contribution is 2.14. The number of aromatic nitrogens is 1. The lowest BCUT2D eigenvalue weighted by Crippen LogP contribution is -2.22. The van der Waals surface area contributed by atoms with Gasteiger partial charge in [0.1, 0.15) is 12.4 Å². The minimum absolute atomic E-state index is 0.0263. The van der Waals surface area contributed by atoms with E-state index in [4.69, 9.17) is 10.5 Å². The van der Waals surface area contributed by atoms with E-state index in [1.54, 1.807) is 29.0 Å². The number of nitrogens with two attached hydrogens (primary N) is 1. The lowest BCUT2D eigenvalue weighted by molar-refractivity contribution is 0.296. The van der Waals surface area contributed by atoms with Crippen LogP contribution < -0.4 is 16.0 Å². The fraction of sp³-hybridized carbons (Fsp3) is 0.214. The van der Waals surface area contributed by atoms with Gasteiger partial charge in [-0.15, -0.1) is 0 Å². The van der Waals surface area contributed by atoms with Gasteiger partial charge in [0.05, 0.1) is 6.54 Å². The molecule has 0 aliphatic carbocycles. The number of hydrogen-bond acceptors (Lipinski definition) is 3. The first-order chi connectivity index (χ1) is 9.06. The van der Waals surface area contributed by atoms with Crippen LogP contribution in [0.2, 0.25) is 0 Å². The number of rotatable bonds is 4. The number of hydrogen-bond donors (Lipinski definition) is 1. The molecule has 4 nitrogen and oxygen atoms in total. The minimum atomic E-state index is -0.0263. The van der Waals surface area contributed by atoms with Gasteiger partial charge in [-0.1, -0.05) is 0 Å². The summed E-state index contributed by atoms with van der Waals surface area (Å²) < 4.78 is 8.10. The highest BCUT2D eigenvalue weighted by molar-refractivity contribution is 9.10. The number of nitrogen functional groups attached to an aromatic ring is 1. The zero-order chi connectivity index (χ0) is 13.8. The standard InChI is InChI=1S/C14H15BrN2O2/c1-10-8-14(18)17(9-13(10)15)6-7-19-12-4-2-11(16)3-5-12/h2-5,8-9H,6-7,16H2,1H3. The zero-order valence-corrected chi connectivity index (χ0v) is 12.2. The van der Waals surface area contributed by atoms with Gasteiger partial charge in [0.25, 0.3) is 5.56 Å². The van der Waals surface area contributed by atoms with Crippen LogP contribution in [0.1, 0.15) is 5.56 Å².